The molecular weight excluding hydrogens is 206 g/mol. The van der Waals surface area contributed by atoms with E-state index >= 15 is 0 Å². The molecule has 0 saturated heterocycles. The van der Waals surface area contributed by atoms with Crippen molar-refractivity contribution in [2.24, 2.45) is 0 Å². The van der Waals surface area contributed by atoms with Gasteiger partial charge in [-0.1, -0.05) is 41.5 Å². The van der Waals surface area contributed by atoms with E-state index in [0.29, 0.717) is 6.04 Å². The lowest BCUT2D eigenvalue weighted by Crippen LogP contribution is -2.30. The molecule has 0 saturated carbocycles. The van der Waals surface area contributed by atoms with E-state index in [1.807, 2.05) is 0 Å². The molecule has 0 bridgehead atoms. The summed E-state index contributed by atoms with van der Waals surface area (Å²) >= 11 is 0. The minimum Gasteiger partial charge on any atom is -0.313 e. The van der Waals surface area contributed by atoms with Crippen molar-refractivity contribution in [2.45, 2.75) is 45.1 Å². The third-order valence-electron chi connectivity index (χ3n) is 3.68. The Kier molecular flexibility index (Phi) is 4.38. The summed E-state index contributed by atoms with van der Waals surface area (Å²) in [5.74, 6) is 0. The van der Waals surface area contributed by atoms with Crippen LogP contribution in [0.2, 0.25) is 0 Å². The molecule has 1 nitrogen and oxygen atoms in total. The normalized spacial score (nSPS) is 17.6. The Balaban J connectivity index is 2.04. The lowest BCUT2D eigenvalue weighted by Gasteiger charge is -2.23. The number of rotatable bonds is 4. The summed E-state index contributed by atoms with van der Waals surface area (Å²) in [6.45, 7) is 2.14. The summed E-state index contributed by atoms with van der Waals surface area (Å²) in [5.41, 5.74) is 4.38. The second-order valence-electron chi connectivity index (χ2n) is 5.06. The highest BCUT2D eigenvalue weighted by molar-refractivity contribution is 5.25. The van der Waals surface area contributed by atoms with Gasteiger partial charge in [-0.15, -0.1) is 0 Å². The van der Waals surface area contributed by atoms with Gasteiger partial charge >= 0.3 is 0 Å². The van der Waals surface area contributed by atoms with Gasteiger partial charge in [0.05, 0.1) is 0 Å². The first kappa shape index (κ1) is 12.4. The molecule has 1 atom stereocenters. The number of aryl methyl sites for hydroxylation is 1. The van der Waals surface area contributed by atoms with E-state index in [1.165, 1.54) is 36.8 Å². The van der Waals surface area contributed by atoms with E-state index in [-0.39, 0.29) is 0 Å². The topological polar surface area (TPSA) is 12.0 Å². The van der Waals surface area contributed by atoms with Gasteiger partial charge in [-0.2, -0.15) is 0 Å². The standard InChI is InChI=1S/C16H23N/c1-13-8-10-14(11-9-13)12-16(17-2)15-6-4-3-5-7-15/h6,8-11,16-17H,3-5,7,12H2,1-2H3. The Morgan fingerprint density at radius 3 is 2.53 bits per heavy atom. The van der Waals surface area contributed by atoms with Gasteiger partial charge in [0.1, 0.15) is 0 Å². The molecule has 0 aromatic heterocycles. The molecule has 0 heterocycles. The van der Waals surface area contributed by atoms with Crippen LogP contribution in [0.1, 0.15) is 36.8 Å². The fourth-order valence-electron chi connectivity index (χ4n) is 2.56. The van der Waals surface area contributed by atoms with Crippen LogP contribution in [0.4, 0.5) is 0 Å². The maximum Gasteiger partial charge on any atom is 0.0317 e. The SMILES string of the molecule is CNC(Cc1ccc(C)cc1)C1=CCCCC1. The Labute approximate surface area is 105 Å². The minimum atomic E-state index is 0.526. The van der Waals surface area contributed by atoms with Crippen LogP contribution in [0.25, 0.3) is 0 Å². The lowest BCUT2D eigenvalue weighted by atomic mass is 9.90. The fraction of sp³-hybridized carbons (Fsp3) is 0.500. The van der Waals surface area contributed by atoms with Crippen LogP contribution in [0.15, 0.2) is 35.9 Å². The highest BCUT2D eigenvalue weighted by atomic mass is 14.9. The molecule has 92 valence electrons. The maximum absolute atomic E-state index is 3.47. The molecule has 0 radical (unpaired) electrons. The predicted molar refractivity (Wildman–Crippen MR) is 74.3 cm³/mol. The number of likely N-dealkylation sites (N-methyl/N-ethyl adjacent to an activating group) is 1. The number of hydrogen-bond acceptors (Lipinski definition) is 1. The van der Waals surface area contributed by atoms with E-state index in [9.17, 15) is 0 Å². The monoisotopic (exact) mass is 229 g/mol. The molecule has 1 heteroatoms. The van der Waals surface area contributed by atoms with Gasteiger partial charge < -0.3 is 5.32 Å². The smallest absolute Gasteiger partial charge is 0.0317 e. The van der Waals surface area contributed by atoms with Crippen molar-refractivity contribution >= 4 is 0 Å². The fourth-order valence-corrected chi connectivity index (χ4v) is 2.56. The number of benzene rings is 1. The van der Waals surface area contributed by atoms with Gasteiger partial charge in [-0.05, 0) is 51.6 Å². The zero-order chi connectivity index (χ0) is 12.1. The van der Waals surface area contributed by atoms with Crippen molar-refractivity contribution in [3.8, 4) is 0 Å². The number of nitrogens with one attached hydrogen (secondary N) is 1. The molecule has 1 aliphatic rings. The van der Waals surface area contributed by atoms with Gasteiger partial charge in [0.2, 0.25) is 0 Å². The Bertz CT molecular complexity index is 375. The Morgan fingerprint density at radius 1 is 1.18 bits per heavy atom. The molecule has 1 aromatic rings. The van der Waals surface area contributed by atoms with Crippen LogP contribution < -0.4 is 5.32 Å². The quantitative estimate of drug-likeness (QED) is 0.777. The Hall–Kier alpha value is -1.08. The molecule has 2 rings (SSSR count). The van der Waals surface area contributed by atoms with Gasteiger partial charge in [0.25, 0.3) is 0 Å². The summed E-state index contributed by atoms with van der Waals surface area (Å²) in [5, 5.41) is 3.47. The second kappa shape index (κ2) is 6.02. The minimum absolute atomic E-state index is 0.526. The van der Waals surface area contributed by atoms with Crippen molar-refractivity contribution in [1.29, 1.82) is 0 Å². The first-order valence-corrected chi connectivity index (χ1v) is 6.71. The molecular formula is C16H23N. The molecule has 1 N–H and O–H groups in total. The van der Waals surface area contributed by atoms with E-state index in [4.69, 9.17) is 0 Å². The zero-order valence-corrected chi connectivity index (χ0v) is 11.0. The van der Waals surface area contributed by atoms with Gasteiger partial charge in [-0.25, -0.2) is 0 Å². The average molecular weight is 229 g/mol. The van der Waals surface area contributed by atoms with Crippen LogP contribution in [0, 0.1) is 6.92 Å². The Morgan fingerprint density at radius 2 is 1.94 bits per heavy atom. The molecule has 1 unspecified atom stereocenters. The van der Waals surface area contributed by atoms with Crippen molar-refractivity contribution < 1.29 is 0 Å². The average Bonchev–Trinajstić information content (AvgIpc) is 2.39. The predicted octanol–water partition coefficient (Wildman–Crippen LogP) is 3.63. The first-order chi connectivity index (χ1) is 8.29. The molecule has 17 heavy (non-hydrogen) atoms. The summed E-state index contributed by atoms with van der Waals surface area (Å²) in [6, 6.07) is 9.44. The van der Waals surface area contributed by atoms with Crippen LogP contribution in [-0.2, 0) is 6.42 Å². The van der Waals surface area contributed by atoms with Crippen LogP contribution in [0.5, 0.6) is 0 Å². The van der Waals surface area contributed by atoms with Crippen molar-refractivity contribution in [2.75, 3.05) is 7.05 Å². The van der Waals surface area contributed by atoms with Crippen LogP contribution in [0.3, 0.4) is 0 Å². The number of allylic oxidation sites excluding steroid dienone is 1. The van der Waals surface area contributed by atoms with Gasteiger partial charge in [-0.3, -0.25) is 0 Å². The zero-order valence-electron chi connectivity index (χ0n) is 11.0. The highest BCUT2D eigenvalue weighted by Crippen LogP contribution is 2.22. The molecule has 1 aliphatic carbocycles. The molecule has 0 fully saturated rings. The van der Waals surface area contributed by atoms with Crippen molar-refractivity contribution in [3.63, 3.8) is 0 Å². The third kappa shape index (κ3) is 3.44. The summed E-state index contributed by atoms with van der Waals surface area (Å²) in [4.78, 5) is 0. The van der Waals surface area contributed by atoms with Crippen molar-refractivity contribution in [1.82, 2.24) is 5.32 Å². The lowest BCUT2D eigenvalue weighted by molar-refractivity contribution is 0.569. The summed E-state index contributed by atoms with van der Waals surface area (Å²) in [7, 11) is 2.08. The third-order valence-corrected chi connectivity index (χ3v) is 3.68. The second-order valence-corrected chi connectivity index (χ2v) is 5.06. The maximum atomic E-state index is 3.47. The van der Waals surface area contributed by atoms with Crippen molar-refractivity contribution in [3.05, 3.63) is 47.0 Å². The van der Waals surface area contributed by atoms with E-state index < -0.39 is 0 Å². The molecule has 0 aliphatic heterocycles. The van der Waals surface area contributed by atoms with Crippen LogP contribution >= 0.6 is 0 Å². The number of hydrogen-bond donors (Lipinski definition) is 1. The first-order valence-electron chi connectivity index (χ1n) is 6.71. The van der Waals surface area contributed by atoms with Gasteiger partial charge in [0.15, 0.2) is 0 Å². The molecule has 0 spiro atoms. The van der Waals surface area contributed by atoms with E-state index in [0.717, 1.165) is 6.42 Å². The van der Waals surface area contributed by atoms with Gasteiger partial charge in [0, 0.05) is 6.04 Å². The van der Waals surface area contributed by atoms with E-state index in [2.05, 4.69) is 49.6 Å². The molecule has 0 amide bonds. The summed E-state index contributed by atoms with van der Waals surface area (Å²) < 4.78 is 0. The molecule has 1 aromatic carbocycles. The largest absolute Gasteiger partial charge is 0.313 e. The summed E-state index contributed by atoms with van der Waals surface area (Å²) in [6.07, 6.45) is 8.82. The van der Waals surface area contributed by atoms with Crippen LogP contribution in [-0.4, -0.2) is 13.1 Å². The highest BCUT2D eigenvalue weighted by Gasteiger charge is 2.14. The van der Waals surface area contributed by atoms with E-state index in [1.54, 1.807) is 5.57 Å².